The number of phenolic OH excluding ortho intramolecular Hbond substituents is 1. The fourth-order valence-electron chi connectivity index (χ4n) is 1.82. The van der Waals surface area contributed by atoms with Crippen molar-refractivity contribution in [3.8, 4) is 5.75 Å². The lowest BCUT2D eigenvalue weighted by atomic mass is 10.1. The van der Waals surface area contributed by atoms with Crippen molar-refractivity contribution in [3.63, 3.8) is 0 Å². The van der Waals surface area contributed by atoms with E-state index in [-0.39, 0.29) is 11.4 Å². The average molecular weight is 454 g/mol. The fourth-order valence-corrected chi connectivity index (χ4v) is 3.07. The van der Waals surface area contributed by atoms with E-state index < -0.39 is 17.6 Å². The van der Waals surface area contributed by atoms with Crippen molar-refractivity contribution in [1.82, 2.24) is 9.97 Å². The number of H-pyrrole nitrogens is 1. The third-order valence-corrected chi connectivity index (χ3v) is 3.95. The van der Waals surface area contributed by atoms with E-state index >= 15 is 0 Å². The lowest BCUT2D eigenvalue weighted by Gasteiger charge is -2.09. The Bertz CT molecular complexity index is 845. The SMILES string of the molecule is CC(=Cc1cc(Br)cc(Br)c1O)c1cc(C(F)(F)F)[nH]c(=O)n1. The molecule has 1 aromatic carbocycles. The molecular weight excluding hydrogens is 445 g/mol. The number of phenols is 1. The van der Waals surface area contributed by atoms with E-state index in [2.05, 4.69) is 36.8 Å². The Balaban J connectivity index is 2.55. The van der Waals surface area contributed by atoms with Crippen LogP contribution in [0, 0.1) is 0 Å². The number of aromatic hydroxyl groups is 1. The van der Waals surface area contributed by atoms with E-state index in [9.17, 15) is 23.1 Å². The first-order valence-corrected chi connectivity index (χ1v) is 7.72. The van der Waals surface area contributed by atoms with Gasteiger partial charge >= 0.3 is 11.9 Å². The minimum absolute atomic E-state index is 0.0755. The molecular formula is C14H9Br2F3N2O2. The maximum atomic E-state index is 12.7. The number of rotatable bonds is 2. The van der Waals surface area contributed by atoms with E-state index in [4.69, 9.17) is 0 Å². The number of aromatic amines is 1. The largest absolute Gasteiger partial charge is 0.506 e. The molecule has 0 unspecified atom stereocenters. The summed E-state index contributed by atoms with van der Waals surface area (Å²) in [6.07, 6.45) is -3.25. The van der Waals surface area contributed by atoms with E-state index in [0.717, 1.165) is 6.07 Å². The monoisotopic (exact) mass is 452 g/mol. The van der Waals surface area contributed by atoms with Crippen LogP contribution in [0.3, 0.4) is 0 Å². The molecule has 0 aliphatic carbocycles. The summed E-state index contributed by atoms with van der Waals surface area (Å²) in [4.78, 5) is 16.5. The minimum Gasteiger partial charge on any atom is -0.506 e. The van der Waals surface area contributed by atoms with Gasteiger partial charge in [0.15, 0.2) is 0 Å². The molecule has 122 valence electrons. The normalized spacial score (nSPS) is 12.5. The van der Waals surface area contributed by atoms with Crippen LogP contribution in [0.25, 0.3) is 11.6 Å². The first-order chi connectivity index (χ1) is 10.6. The van der Waals surface area contributed by atoms with Crippen LogP contribution in [0.2, 0.25) is 0 Å². The Morgan fingerprint density at radius 1 is 1.30 bits per heavy atom. The highest BCUT2D eigenvalue weighted by Gasteiger charge is 2.32. The van der Waals surface area contributed by atoms with Gasteiger partial charge in [0, 0.05) is 10.0 Å². The molecule has 9 heteroatoms. The molecule has 2 aromatic rings. The predicted molar refractivity (Wildman–Crippen MR) is 86.9 cm³/mol. The second kappa shape index (κ2) is 6.48. The van der Waals surface area contributed by atoms with Gasteiger partial charge in [-0.3, -0.25) is 0 Å². The van der Waals surface area contributed by atoms with Crippen LogP contribution in [0.5, 0.6) is 5.75 Å². The maximum Gasteiger partial charge on any atom is 0.431 e. The van der Waals surface area contributed by atoms with Gasteiger partial charge in [0.2, 0.25) is 0 Å². The Hall–Kier alpha value is -1.61. The smallest absolute Gasteiger partial charge is 0.431 e. The van der Waals surface area contributed by atoms with Crippen LogP contribution in [0.15, 0.2) is 31.9 Å². The van der Waals surface area contributed by atoms with Crippen molar-refractivity contribution in [2.24, 2.45) is 0 Å². The molecule has 4 nitrogen and oxygen atoms in total. The third-order valence-electron chi connectivity index (χ3n) is 2.88. The predicted octanol–water partition coefficient (Wildman–Crippen LogP) is 4.58. The van der Waals surface area contributed by atoms with E-state index in [0.29, 0.717) is 20.1 Å². The third kappa shape index (κ3) is 4.23. The highest BCUT2D eigenvalue weighted by molar-refractivity contribution is 9.11. The van der Waals surface area contributed by atoms with Crippen LogP contribution in [0.4, 0.5) is 13.2 Å². The molecule has 0 amide bonds. The molecule has 0 radical (unpaired) electrons. The van der Waals surface area contributed by atoms with Crippen LogP contribution in [-0.4, -0.2) is 15.1 Å². The molecule has 1 heterocycles. The number of nitrogens with zero attached hydrogens (tertiary/aromatic N) is 1. The van der Waals surface area contributed by atoms with Crippen LogP contribution in [0.1, 0.15) is 23.9 Å². The number of benzene rings is 1. The highest BCUT2D eigenvalue weighted by Crippen LogP contribution is 2.34. The summed E-state index contributed by atoms with van der Waals surface area (Å²) < 4.78 is 39.3. The fraction of sp³-hybridized carbons (Fsp3) is 0.143. The van der Waals surface area contributed by atoms with E-state index in [1.165, 1.54) is 13.0 Å². The maximum absolute atomic E-state index is 12.7. The summed E-state index contributed by atoms with van der Waals surface area (Å²) in [5, 5.41) is 9.98. The minimum atomic E-state index is -4.68. The Labute approximate surface area is 145 Å². The molecule has 0 aliphatic rings. The van der Waals surface area contributed by atoms with Crippen molar-refractivity contribution in [1.29, 1.82) is 0 Å². The molecule has 0 fully saturated rings. The van der Waals surface area contributed by atoms with Gasteiger partial charge in [-0.2, -0.15) is 18.2 Å². The van der Waals surface area contributed by atoms with Crippen molar-refractivity contribution < 1.29 is 18.3 Å². The summed E-state index contributed by atoms with van der Waals surface area (Å²) in [7, 11) is 0. The molecule has 0 atom stereocenters. The average Bonchev–Trinajstić information content (AvgIpc) is 2.42. The van der Waals surface area contributed by atoms with Crippen LogP contribution < -0.4 is 5.69 Å². The molecule has 2 N–H and O–H groups in total. The summed E-state index contributed by atoms with van der Waals surface area (Å²) in [5.41, 5.74) is -1.75. The quantitative estimate of drug-likeness (QED) is 0.699. The zero-order chi connectivity index (χ0) is 17.4. The highest BCUT2D eigenvalue weighted by atomic mass is 79.9. The lowest BCUT2D eigenvalue weighted by Crippen LogP contribution is -2.20. The molecule has 0 aliphatic heterocycles. The second-order valence-corrected chi connectivity index (χ2v) is 6.41. The number of allylic oxidation sites excluding steroid dienone is 1. The Morgan fingerprint density at radius 3 is 2.57 bits per heavy atom. The van der Waals surface area contributed by atoms with Gasteiger partial charge < -0.3 is 10.1 Å². The number of nitrogens with one attached hydrogen (secondary N) is 1. The topological polar surface area (TPSA) is 66.0 Å². The van der Waals surface area contributed by atoms with Gasteiger partial charge in [0.05, 0.1) is 10.2 Å². The number of hydrogen-bond donors (Lipinski definition) is 2. The number of aromatic nitrogens is 2. The van der Waals surface area contributed by atoms with Crippen molar-refractivity contribution >= 4 is 43.5 Å². The second-order valence-electron chi connectivity index (χ2n) is 4.64. The summed E-state index contributed by atoms with van der Waals surface area (Å²) in [6.45, 7) is 1.50. The van der Waals surface area contributed by atoms with Gasteiger partial charge in [-0.05, 0) is 52.7 Å². The first-order valence-electron chi connectivity index (χ1n) is 6.13. The van der Waals surface area contributed by atoms with Gasteiger partial charge in [-0.15, -0.1) is 0 Å². The Morgan fingerprint density at radius 2 is 1.96 bits per heavy atom. The van der Waals surface area contributed by atoms with Gasteiger partial charge in [0.25, 0.3) is 0 Å². The van der Waals surface area contributed by atoms with Crippen LogP contribution >= 0.6 is 31.9 Å². The number of alkyl halides is 3. The molecule has 2 rings (SSSR count). The van der Waals surface area contributed by atoms with Crippen molar-refractivity contribution in [2.45, 2.75) is 13.1 Å². The summed E-state index contributed by atoms with van der Waals surface area (Å²) in [6, 6.07) is 3.95. The van der Waals surface area contributed by atoms with Gasteiger partial charge in [-0.25, -0.2) is 4.79 Å². The number of halogens is 5. The molecule has 0 bridgehead atoms. The zero-order valence-corrected chi connectivity index (χ0v) is 14.7. The van der Waals surface area contributed by atoms with Crippen molar-refractivity contribution in [3.05, 3.63) is 54.6 Å². The standard InChI is InChI=1S/C14H9Br2F3N2O2/c1-6(2-7-3-8(15)4-9(16)12(7)22)10-5-11(14(17,18)19)21-13(23)20-10/h2-5,22H,1H3,(H,20,21,23). The molecule has 0 spiro atoms. The molecule has 1 aromatic heterocycles. The van der Waals surface area contributed by atoms with E-state index in [1.807, 2.05) is 0 Å². The van der Waals surface area contributed by atoms with E-state index in [1.54, 1.807) is 17.1 Å². The van der Waals surface area contributed by atoms with Crippen LogP contribution in [-0.2, 0) is 6.18 Å². The molecule has 0 saturated carbocycles. The first kappa shape index (κ1) is 17.7. The van der Waals surface area contributed by atoms with Crippen molar-refractivity contribution in [2.75, 3.05) is 0 Å². The van der Waals surface area contributed by atoms with Gasteiger partial charge in [0.1, 0.15) is 11.4 Å². The Kier molecular flexibility index (Phi) is 5.00. The molecule has 0 saturated heterocycles. The molecule has 23 heavy (non-hydrogen) atoms. The zero-order valence-electron chi connectivity index (χ0n) is 11.5. The lowest BCUT2D eigenvalue weighted by molar-refractivity contribution is -0.141. The number of hydrogen-bond acceptors (Lipinski definition) is 3. The summed E-state index contributed by atoms with van der Waals surface area (Å²) >= 11 is 6.42. The van der Waals surface area contributed by atoms with Gasteiger partial charge in [-0.1, -0.05) is 15.9 Å². The summed E-state index contributed by atoms with van der Waals surface area (Å²) in [5.74, 6) is -0.0755.